The fraction of sp³-hybridized carbons (Fsp3) is 0.0769. The van der Waals surface area contributed by atoms with Gasteiger partial charge in [0, 0.05) is 130 Å². The molecule has 6 N–H and O–H groups in total. The SMILES string of the molecule is COc1cccc(CNc2ncc3c(n2)-c2cccnc2Nc2cnccc2-3)c1.Clc1ccc(CCNc2ncc3c(n2)-c2cccnc2Nc2cnccc2-3)cc1.Fc1ccc(CNc2ncc3c(n2)-c2cccnc2Nc2cnccc2-3)cc1F. The molecule has 15 rings (SSSR count). The number of halogens is 3. The normalized spacial score (nSPS) is 11.4. The Morgan fingerprint density at radius 1 is 0.414 bits per heavy atom. The highest BCUT2D eigenvalue weighted by atomic mass is 35.5. The Morgan fingerprint density at radius 2 is 0.862 bits per heavy atom. The van der Waals surface area contributed by atoms with Gasteiger partial charge in [-0.05, 0) is 114 Å². The second kappa shape index (κ2) is 24.8. The van der Waals surface area contributed by atoms with Gasteiger partial charge < -0.3 is 36.6 Å². The van der Waals surface area contributed by atoms with Crippen LogP contribution < -0.4 is 36.6 Å². The van der Waals surface area contributed by atoms with Crippen molar-refractivity contribution < 1.29 is 13.5 Å². The van der Waals surface area contributed by atoms with Gasteiger partial charge in [0.25, 0.3) is 0 Å². The smallest absolute Gasteiger partial charge is 0.223 e. The van der Waals surface area contributed by atoms with Gasteiger partial charge in [0.05, 0.1) is 59.8 Å². The Hall–Kier alpha value is -11.5. The predicted molar refractivity (Wildman–Crippen MR) is 333 cm³/mol. The molecule has 12 aromatic rings. The summed E-state index contributed by atoms with van der Waals surface area (Å²) in [4.78, 5) is 53.8. The van der Waals surface area contributed by atoms with E-state index in [1.165, 1.54) is 11.6 Å². The zero-order valence-corrected chi connectivity index (χ0v) is 47.0. The third-order valence-electron chi connectivity index (χ3n) is 14.3. The predicted octanol–water partition coefficient (Wildman–Crippen LogP) is 13.8. The van der Waals surface area contributed by atoms with Crippen LogP contribution >= 0.6 is 11.6 Å². The molecule has 0 fully saturated rings. The summed E-state index contributed by atoms with van der Waals surface area (Å²) in [5.41, 5.74) is 16.2. The van der Waals surface area contributed by atoms with E-state index in [0.717, 1.165) is 132 Å². The summed E-state index contributed by atoms with van der Waals surface area (Å²) in [6.07, 6.45) is 22.1. The highest BCUT2D eigenvalue weighted by Crippen LogP contribution is 2.45. The van der Waals surface area contributed by atoms with Crippen LogP contribution in [0.4, 0.5) is 61.1 Å². The number of benzene rings is 3. The number of fused-ring (bicyclic) bond motifs is 15. The van der Waals surface area contributed by atoms with Crippen LogP contribution in [0.2, 0.25) is 5.02 Å². The summed E-state index contributed by atoms with van der Waals surface area (Å²) < 4.78 is 31.8. The molecule has 0 atom stereocenters. The summed E-state index contributed by atoms with van der Waals surface area (Å²) in [7, 11) is 1.66. The second-order valence-corrected chi connectivity index (χ2v) is 20.3. The highest BCUT2D eigenvalue weighted by Gasteiger charge is 2.25. The molecule has 0 saturated carbocycles. The lowest BCUT2D eigenvalue weighted by Gasteiger charge is -2.11. The molecule has 22 heteroatoms. The van der Waals surface area contributed by atoms with E-state index in [9.17, 15) is 8.78 Å². The van der Waals surface area contributed by atoms with Crippen molar-refractivity contribution in [2.45, 2.75) is 19.5 Å². The molecule has 3 aromatic carbocycles. The van der Waals surface area contributed by atoms with Crippen LogP contribution in [-0.4, -0.2) is 73.5 Å². The number of nitrogens with zero attached hydrogens (tertiary/aromatic N) is 12. The number of aromatic nitrogens is 12. The first-order chi connectivity index (χ1) is 42.8. The molecule has 12 heterocycles. The van der Waals surface area contributed by atoms with Crippen molar-refractivity contribution >= 4 is 64.0 Å². The summed E-state index contributed by atoms with van der Waals surface area (Å²) in [6.45, 7) is 1.57. The Bertz CT molecular complexity index is 4500. The van der Waals surface area contributed by atoms with Crippen molar-refractivity contribution in [1.82, 2.24) is 59.8 Å². The third kappa shape index (κ3) is 12.0. The molecular formula is C65H49ClF2N18O. The fourth-order valence-corrected chi connectivity index (χ4v) is 10.2. The minimum absolute atomic E-state index is 0.259. The average Bonchev–Trinajstić information content (AvgIpc) is 3.84. The van der Waals surface area contributed by atoms with Crippen LogP contribution in [0.5, 0.6) is 5.75 Å². The van der Waals surface area contributed by atoms with Gasteiger partial charge in [0.2, 0.25) is 17.8 Å². The van der Waals surface area contributed by atoms with Crippen molar-refractivity contribution in [3.8, 4) is 72.9 Å². The maximum atomic E-state index is 13.4. The summed E-state index contributed by atoms with van der Waals surface area (Å²) in [5.74, 6) is 2.76. The number of hydrogen-bond donors (Lipinski definition) is 6. The van der Waals surface area contributed by atoms with Crippen molar-refractivity contribution in [1.29, 1.82) is 0 Å². The van der Waals surface area contributed by atoms with Crippen LogP contribution in [0, 0.1) is 11.6 Å². The van der Waals surface area contributed by atoms with Crippen LogP contribution in [0.15, 0.2) is 196 Å². The van der Waals surface area contributed by atoms with E-state index in [1.807, 2.05) is 116 Å². The van der Waals surface area contributed by atoms with Crippen molar-refractivity contribution in [3.63, 3.8) is 0 Å². The number of rotatable bonds is 11. The molecule has 0 unspecified atom stereocenters. The maximum absolute atomic E-state index is 13.4. The molecule has 0 radical (unpaired) electrons. The lowest BCUT2D eigenvalue weighted by Crippen LogP contribution is -2.08. The second-order valence-electron chi connectivity index (χ2n) is 19.8. The third-order valence-corrected chi connectivity index (χ3v) is 14.5. The summed E-state index contributed by atoms with van der Waals surface area (Å²) >= 11 is 5.95. The molecule has 0 aliphatic carbocycles. The largest absolute Gasteiger partial charge is 0.497 e. The highest BCUT2D eigenvalue weighted by molar-refractivity contribution is 6.30. The minimum atomic E-state index is -0.886. The zero-order chi connectivity index (χ0) is 59.1. The van der Waals surface area contributed by atoms with Gasteiger partial charge in [-0.25, -0.2) is 53.6 Å². The number of ether oxygens (including phenoxy) is 1. The Kier molecular flexibility index (Phi) is 15.6. The van der Waals surface area contributed by atoms with Gasteiger partial charge in [-0.3, -0.25) is 15.0 Å². The first-order valence-corrected chi connectivity index (χ1v) is 27.8. The number of hydrogen-bond acceptors (Lipinski definition) is 19. The van der Waals surface area contributed by atoms with E-state index in [-0.39, 0.29) is 6.54 Å². The van der Waals surface area contributed by atoms with Gasteiger partial charge >= 0.3 is 0 Å². The van der Waals surface area contributed by atoms with Crippen molar-refractivity contribution in [3.05, 3.63) is 229 Å². The number of nitrogens with one attached hydrogen (secondary N) is 6. The van der Waals surface area contributed by atoms with Crippen LogP contribution in [0.3, 0.4) is 0 Å². The fourth-order valence-electron chi connectivity index (χ4n) is 10.0. The molecule has 87 heavy (non-hydrogen) atoms. The molecule has 0 saturated heterocycles. The number of anilines is 9. The molecule has 0 amide bonds. The monoisotopic (exact) mass is 1170 g/mol. The molecule has 3 aliphatic rings. The first kappa shape index (κ1) is 54.8. The van der Waals surface area contributed by atoms with E-state index >= 15 is 0 Å². The molecule has 3 aliphatic heterocycles. The summed E-state index contributed by atoms with van der Waals surface area (Å²) in [6, 6.07) is 37.0. The standard InChI is InChI=1S/C22H17ClN6.C22H18N6O.C21H14F2N6/c23-15-5-3-14(4-6-15)7-11-26-22-27-12-18-16-8-10-24-13-19(16)28-21-17(20(18)29-22)2-1-9-25-21;1-29-15-5-2-4-14(10-15)11-25-22-26-12-18-16-7-9-23-13-19(16)27-21-17(20(18)28-22)6-3-8-24-21;22-16-4-3-12(8-17(16)23)9-26-21-27-10-15-13-5-7-24-11-18(13)28-20-14(19(15)29-21)2-1-6-25-20/h1-6,8-10,12-13H,7,11H2,(H,25,28)(H,26,27,29);2-10,12-13H,11H2,1H3,(H,24,27)(H,25,26,28);1-8,10-11H,9H2,(H,25,28)(H,26,27,29). The maximum Gasteiger partial charge on any atom is 0.223 e. The van der Waals surface area contributed by atoms with Crippen LogP contribution in [0.1, 0.15) is 16.7 Å². The molecule has 426 valence electrons. The van der Waals surface area contributed by atoms with Gasteiger partial charge in [0.1, 0.15) is 23.2 Å². The first-order valence-electron chi connectivity index (χ1n) is 27.4. The van der Waals surface area contributed by atoms with Gasteiger partial charge in [-0.15, -0.1) is 0 Å². The van der Waals surface area contributed by atoms with Gasteiger partial charge in [-0.2, -0.15) is 0 Å². The number of pyridine rings is 6. The van der Waals surface area contributed by atoms with Crippen molar-refractivity contribution in [2.75, 3.05) is 45.6 Å². The average molecular weight is 1170 g/mol. The molecule has 0 bridgehead atoms. The summed E-state index contributed by atoms with van der Waals surface area (Å²) in [5, 5.41) is 20.5. The van der Waals surface area contributed by atoms with E-state index in [2.05, 4.69) is 81.7 Å². The molecule has 19 nitrogen and oxygen atoms in total. The topological polar surface area (TPSA) is 236 Å². The quantitative estimate of drug-likeness (QED) is 0.0706. The van der Waals surface area contributed by atoms with Crippen LogP contribution in [0.25, 0.3) is 67.2 Å². The van der Waals surface area contributed by atoms with E-state index < -0.39 is 11.6 Å². The Balaban J connectivity index is 0.000000121. The van der Waals surface area contributed by atoms with Gasteiger partial charge in [0.15, 0.2) is 11.6 Å². The Morgan fingerprint density at radius 3 is 1.32 bits per heavy atom. The lowest BCUT2D eigenvalue weighted by molar-refractivity contribution is 0.414. The minimum Gasteiger partial charge on any atom is -0.497 e. The van der Waals surface area contributed by atoms with Crippen LogP contribution in [-0.2, 0) is 19.5 Å². The Labute approximate surface area is 502 Å². The molecular weight excluding hydrogens is 1120 g/mol. The zero-order valence-electron chi connectivity index (χ0n) is 46.2. The number of methoxy groups -OCH3 is 1. The van der Waals surface area contributed by atoms with E-state index in [4.69, 9.17) is 26.3 Å². The van der Waals surface area contributed by atoms with E-state index in [0.29, 0.717) is 41.5 Å². The van der Waals surface area contributed by atoms with Crippen molar-refractivity contribution in [2.24, 2.45) is 0 Å². The lowest BCUT2D eigenvalue weighted by atomic mass is 10.0. The van der Waals surface area contributed by atoms with Gasteiger partial charge in [-0.1, -0.05) is 41.9 Å². The molecule has 9 aromatic heterocycles. The van der Waals surface area contributed by atoms with E-state index in [1.54, 1.807) is 69.1 Å². The molecule has 0 spiro atoms.